The normalized spacial score (nSPS) is 11.7. The molecule has 146 valence electrons. The van der Waals surface area contributed by atoms with Crippen LogP contribution in [0.25, 0.3) is 33.2 Å². The van der Waals surface area contributed by atoms with Crippen molar-refractivity contribution >= 4 is 10.8 Å². The van der Waals surface area contributed by atoms with Crippen LogP contribution in [-0.4, -0.2) is 4.98 Å². The summed E-state index contributed by atoms with van der Waals surface area (Å²) in [7, 11) is 2.08. The van der Waals surface area contributed by atoms with Crippen molar-refractivity contribution in [2.45, 2.75) is 40.5 Å². The maximum Gasteiger partial charge on any atom is 0.220 e. The fraction of sp³-hybridized carbons (Fsp3) is 0.259. The first-order chi connectivity index (χ1) is 14.5. The molecule has 0 radical (unpaired) electrons. The second kappa shape index (κ2) is 7.79. The van der Waals surface area contributed by atoms with E-state index in [4.69, 9.17) is 1.37 Å². The Morgan fingerprint density at radius 2 is 1.83 bits per heavy atom. The van der Waals surface area contributed by atoms with E-state index in [1.165, 1.54) is 27.9 Å². The molecule has 2 heteroatoms. The summed E-state index contributed by atoms with van der Waals surface area (Å²) in [6.07, 6.45) is 5.71. The first-order valence-electron chi connectivity index (χ1n) is 10.9. The van der Waals surface area contributed by atoms with Crippen LogP contribution in [0.15, 0.2) is 60.9 Å². The molecule has 0 unspecified atom stereocenters. The van der Waals surface area contributed by atoms with Gasteiger partial charge in [-0.25, -0.2) is 0 Å². The summed E-state index contributed by atoms with van der Waals surface area (Å²) in [5, 5.41) is 2.11. The summed E-state index contributed by atoms with van der Waals surface area (Å²) in [6.45, 7) is 8.71. The number of aromatic nitrogens is 2. The molecule has 2 nitrogen and oxygen atoms in total. The highest BCUT2D eigenvalue weighted by Crippen LogP contribution is 2.33. The second-order valence-electron chi connectivity index (χ2n) is 7.75. The number of aryl methyl sites for hydroxylation is 2. The molecule has 0 fully saturated rings. The van der Waals surface area contributed by atoms with Crippen molar-refractivity contribution in [1.29, 1.82) is 0 Å². The number of rotatable bonds is 4. The lowest BCUT2D eigenvalue weighted by atomic mass is 9.91. The van der Waals surface area contributed by atoms with Crippen molar-refractivity contribution in [3.05, 3.63) is 83.3 Å². The molecular weight excluding hydrogens is 352 g/mol. The van der Waals surface area contributed by atoms with Gasteiger partial charge in [-0.3, -0.25) is 4.98 Å². The summed E-state index contributed by atoms with van der Waals surface area (Å²) in [5.74, 6) is 0. The van der Waals surface area contributed by atoms with E-state index in [1.54, 1.807) is 6.20 Å². The van der Waals surface area contributed by atoms with Crippen molar-refractivity contribution < 1.29 is 5.94 Å². The lowest BCUT2D eigenvalue weighted by Crippen LogP contribution is -2.35. The second-order valence-corrected chi connectivity index (χ2v) is 7.75. The third-order valence-corrected chi connectivity index (χ3v) is 6.04. The fourth-order valence-electron chi connectivity index (χ4n) is 4.18. The SMILES string of the molecule is [2H]c1c(C)[n+](C)c(-c2cc(CC)cc(CC)c2C)c2ccc(-c3cccnc3)cc12. The highest BCUT2D eigenvalue weighted by molar-refractivity contribution is 5.96. The van der Waals surface area contributed by atoms with Crippen molar-refractivity contribution in [3.8, 4) is 22.4 Å². The van der Waals surface area contributed by atoms with Crippen LogP contribution < -0.4 is 4.57 Å². The first-order valence-corrected chi connectivity index (χ1v) is 10.4. The first kappa shape index (κ1) is 18.1. The fourth-order valence-corrected chi connectivity index (χ4v) is 4.18. The minimum absolute atomic E-state index is 0.585. The largest absolute Gasteiger partial charge is 0.264 e. The zero-order valence-electron chi connectivity index (χ0n) is 19.0. The topological polar surface area (TPSA) is 16.8 Å². The van der Waals surface area contributed by atoms with Crippen LogP contribution in [-0.2, 0) is 19.9 Å². The number of fused-ring (bicyclic) bond motifs is 1. The van der Waals surface area contributed by atoms with Gasteiger partial charge in [0.2, 0.25) is 5.69 Å². The van der Waals surface area contributed by atoms with E-state index in [1.807, 2.05) is 19.2 Å². The third kappa shape index (κ3) is 3.44. The van der Waals surface area contributed by atoms with Gasteiger partial charge in [0, 0.05) is 30.9 Å². The molecule has 0 aliphatic rings. The van der Waals surface area contributed by atoms with Crippen LogP contribution in [0.4, 0.5) is 0 Å². The van der Waals surface area contributed by atoms with Gasteiger partial charge in [-0.2, -0.15) is 4.57 Å². The Hall–Kier alpha value is -3.00. The summed E-state index contributed by atoms with van der Waals surface area (Å²) >= 11 is 0. The Labute approximate surface area is 175 Å². The lowest BCUT2D eigenvalue weighted by molar-refractivity contribution is -0.665. The van der Waals surface area contributed by atoms with E-state index < -0.39 is 0 Å². The molecule has 2 heterocycles. The molecule has 2 aromatic heterocycles. The monoisotopic (exact) mass is 382 g/mol. The molecule has 2 aromatic carbocycles. The molecule has 0 spiro atoms. The van der Waals surface area contributed by atoms with E-state index >= 15 is 0 Å². The molecule has 29 heavy (non-hydrogen) atoms. The Morgan fingerprint density at radius 1 is 1.00 bits per heavy atom. The van der Waals surface area contributed by atoms with Gasteiger partial charge >= 0.3 is 0 Å². The van der Waals surface area contributed by atoms with Gasteiger partial charge in [0.25, 0.3) is 0 Å². The molecule has 0 aliphatic carbocycles. The van der Waals surface area contributed by atoms with E-state index in [-0.39, 0.29) is 0 Å². The molecule has 0 amide bonds. The Balaban J connectivity index is 2.07. The Bertz CT molecular complexity index is 1240. The summed E-state index contributed by atoms with van der Waals surface area (Å²) in [6, 6.07) is 15.7. The van der Waals surface area contributed by atoms with Gasteiger partial charge in [-0.15, -0.1) is 0 Å². The van der Waals surface area contributed by atoms with Crippen molar-refractivity contribution in [1.82, 2.24) is 4.98 Å². The quantitative estimate of drug-likeness (QED) is 0.388. The number of nitrogens with zero attached hydrogens (tertiary/aromatic N) is 2. The molecule has 0 atom stereocenters. The molecule has 4 aromatic rings. The average Bonchev–Trinajstić information content (AvgIpc) is 2.79. The molecule has 0 aliphatic heterocycles. The smallest absolute Gasteiger partial charge is 0.220 e. The van der Waals surface area contributed by atoms with Crippen LogP contribution in [0.2, 0.25) is 0 Å². The van der Waals surface area contributed by atoms with E-state index in [9.17, 15) is 0 Å². The average molecular weight is 383 g/mol. The predicted octanol–water partition coefficient (Wildman–Crippen LogP) is 6.13. The molecule has 0 saturated heterocycles. The minimum atomic E-state index is 0.585. The van der Waals surface area contributed by atoms with Gasteiger partial charge in [0.1, 0.15) is 7.05 Å². The van der Waals surface area contributed by atoms with Crippen LogP contribution in [0, 0.1) is 13.8 Å². The summed E-state index contributed by atoms with van der Waals surface area (Å²) in [4.78, 5) is 4.26. The van der Waals surface area contributed by atoms with E-state index in [0.29, 0.717) is 6.04 Å². The van der Waals surface area contributed by atoms with Crippen LogP contribution in [0.5, 0.6) is 0 Å². The van der Waals surface area contributed by atoms with Crippen molar-refractivity contribution in [3.63, 3.8) is 0 Å². The summed E-state index contributed by atoms with van der Waals surface area (Å²) < 4.78 is 11.0. The van der Waals surface area contributed by atoms with Crippen molar-refractivity contribution in [2.24, 2.45) is 7.05 Å². The maximum atomic E-state index is 8.82. The van der Waals surface area contributed by atoms with Gasteiger partial charge in [0.05, 0.1) is 12.3 Å². The van der Waals surface area contributed by atoms with E-state index in [0.717, 1.165) is 40.4 Å². The molecule has 0 saturated carbocycles. The molecular formula is C27H29N2+. The van der Waals surface area contributed by atoms with Gasteiger partial charge in [-0.05, 0) is 71.7 Å². The maximum absolute atomic E-state index is 8.82. The van der Waals surface area contributed by atoms with Gasteiger partial charge in [-0.1, -0.05) is 32.0 Å². The highest BCUT2D eigenvalue weighted by Gasteiger charge is 2.21. The van der Waals surface area contributed by atoms with Crippen LogP contribution in [0.3, 0.4) is 0 Å². The Kier molecular flexibility index (Phi) is 4.85. The van der Waals surface area contributed by atoms with Gasteiger partial charge < -0.3 is 0 Å². The highest BCUT2D eigenvalue weighted by atomic mass is 14.9. The minimum Gasteiger partial charge on any atom is -0.264 e. The standard InChI is InChI=1S/C27H29N2/c1-6-20-14-21(7-2)19(4)26(15-20)27-25-11-10-22(23-9-8-12-28-17-23)16-24(25)13-18(3)29(27)5/h8-17H,6-7H2,1-5H3/q+1/i13D. The summed E-state index contributed by atoms with van der Waals surface area (Å²) in [5.41, 5.74) is 9.70. The van der Waals surface area contributed by atoms with E-state index in [2.05, 4.69) is 73.8 Å². The number of benzene rings is 2. The zero-order valence-corrected chi connectivity index (χ0v) is 18.0. The predicted molar refractivity (Wildman–Crippen MR) is 122 cm³/mol. The third-order valence-electron chi connectivity index (χ3n) is 6.04. The molecule has 4 rings (SSSR count). The van der Waals surface area contributed by atoms with Gasteiger partial charge in [0.15, 0.2) is 5.69 Å². The zero-order chi connectivity index (χ0) is 21.4. The molecule has 0 bridgehead atoms. The number of hydrogen-bond donors (Lipinski definition) is 0. The van der Waals surface area contributed by atoms with Crippen molar-refractivity contribution in [2.75, 3.05) is 0 Å². The number of pyridine rings is 2. The Morgan fingerprint density at radius 3 is 2.52 bits per heavy atom. The number of hydrogen-bond acceptors (Lipinski definition) is 1. The lowest BCUT2D eigenvalue weighted by Gasteiger charge is -2.15. The van der Waals surface area contributed by atoms with Crippen LogP contribution in [0.1, 0.15) is 37.6 Å². The molecule has 0 N–H and O–H groups in total. The van der Waals surface area contributed by atoms with Crippen LogP contribution >= 0.6 is 0 Å².